The van der Waals surface area contributed by atoms with Gasteiger partial charge in [-0.15, -0.1) is 12.4 Å². The van der Waals surface area contributed by atoms with E-state index in [0.717, 1.165) is 37.8 Å². The summed E-state index contributed by atoms with van der Waals surface area (Å²) in [4.78, 5) is 12.1. The number of rotatable bonds is 5. The molecule has 1 aromatic rings. The number of hydrogen-bond acceptors (Lipinski definition) is 5. The van der Waals surface area contributed by atoms with E-state index in [0.29, 0.717) is 6.04 Å². The number of benzene rings is 1. The summed E-state index contributed by atoms with van der Waals surface area (Å²) in [5, 5.41) is 3.31. The Kier molecular flexibility index (Phi) is 6.14. The molecule has 1 saturated carbocycles. The summed E-state index contributed by atoms with van der Waals surface area (Å²) in [6, 6.07) is 6.86. The maximum Gasteiger partial charge on any atom is 0.316 e. The second-order valence-corrected chi connectivity index (χ2v) is 8.51. The van der Waals surface area contributed by atoms with Gasteiger partial charge in [0.25, 0.3) is 0 Å². The van der Waals surface area contributed by atoms with Crippen LogP contribution >= 0.6 is 12.4 Å². The second-order valence-electron chi connectivity index (χ2n) is 6.80. The standard InChI is InChI=1S/C17H24N2O4S.ClH/c1-12-11-14(7-10-18-12)19-24(21,22)15-5-3-13(4-6-15)17(8-9-17)16(20)23-2;/h3-6,12,14,18-19H,7-11H2,1-2H3;1H. The van der Waals surface area contributed by atoms with E-state index < -0.39 is 15.4 Å². The smallest absolute Gasteiger partial charge is 0.316 e. The number of ether oxygens (including phenoxy) is 1. The Hall–Kier alpha value is -1.15. The van der Waals surface area contributed by atoms with Gasteiger partial charge < -0.3 is 10.1 Å². The zero-order chi connectivity index (χ0) is 17.4. The molecule has 2 aliphatic rings. The molecule has 25 heavy (non-hydrogen) atoms. The van der Waals surface area contributed by atoms with E-state index >= 15 is 0 Å². The first-order valence-corrected chi connectivity index (χ1v) is 9.80. The molecular weight excluding hydrogens is 364 g/mol. The lowest BCUT2D eigenvalue weighted by molar-refractivity contribution is -0.143. The molecule has 1 aliphatic carbocycles. The molecule has 0 aromatic heterocycles. The van der Waals surface area contributed by atoms with Crippen molar-refractivity contribution in [3.05, 3.63) is 29.8 Å². The number of esters is 1. The lowest BCUT2D eigenvalue weighted by Gasteiger charge is -2.28. The van der Waals surface area contributed by atoms with Gasteiger partial charge in [0.15, 0.2) is 0 Å². The molecular formula is C17H25ClN2O4S. The molecule has 1 aliphatic heterocycles. The van der Waals surface area contributed by atoms with Gasteiger partial charge in [-0.2, -0.15) is 0 Å². The minimum atomic E-state index is -3.54. The molecule has 0 spiro atoms. The molecule has 6 nitrogen and oxygen atoms in total. The summed E-state index contributed by atoms with van der Waals surface area (Å²) in [6.07, 6.45) is 3.06. The molecule has 1 saturated heterocycles. The van der Waals surface area contributed by atoms with E-state index in [-0.39, 0.29) is 29.3 Å². The van der Waals surface area contributed by atoms with Crippen molar-refractivity contribution < 1.29 is 17.9 Å². The highest BCUT2D eigenvalue weighted by molar-refractivity contribution is 7.89. The molecule has 140 valence electrons. The van der Waals surface area contributed by atoms with Crippen LogP contribution in [0.1, 0.15) is 38.2 Å². The highest BCUT2D eigenvalue weighted by Gasteiger charge is 2.52. The molecule has 1 aromatic carbocycles. The van der Waals surface area contributed by atoms with Crippen LogP contribution in [0.2, 0.25) is 0 Å². The predicted molar refractivity (Wildman–Crippen MR) is 97.4 cm³/mol. The number of methoxy groups -OCH3 is 1. The average molecular weight is 389 g/mol. The molecule has 8 heteroatoms. The molecule has 2 atom stereocenters. The fourth-order valence-corrected chi connectivity index (χ4v) is 4.69. The van der Waals surface area contributed by atoms with Crippen molar-refractivity contribution in [1.29, 1.82) is 0 Å². The van der Waals surface area contributed by atoms with E-state index in [4.69, 9.17) is 4.74 Å². The summed E-state index contributed by atoms with van der Waals surface area (Å²) in [5.74, 6) is -0.250. The summed E-state index contributed by atoms with van der Waals surface area (Å²) in [7, 11) is -2.16. The van der Waals surface area contributed by atoms with Crippen LogP contribution in [0.5, 0.6) is 0 Å². The van der Waals surface area contributed by atoms with Gasteiger partial charge in [-0.25, -0.2) is 13.1 Å². The van der Waals surface area contributed by atoms with Gasteiger partial charge >= 0.3 is 5.97 Å². The van der Waals surface area contributed by atoms with E-state index in [9.17, 15) is 13.2 Å². The quantitative estimate of drug-likeness (QED) is 0.750. The SMILES string of the molecule is COC(=O)C1(c2ccc(S(=O)(=O)NC3CCNC(C)C3)cc2)CC1.Cl. The number of carbonyl (C=O) groups excluding carboxylic acids is 1. The molecule has 0 amide bonds. The molecule has 3 rings (SSSR count). The number of sulfonamides is 1. The first-order valence-electron chi connectivity index (χ1n) is 8.32. The molecule has 0 bridgehead atoms. The summed E-state index contributed by atoms with van der Waals surface area (Å²) < 4.78 is 32.8. The van der Waals surface area contributed by atoms with Crippen LogP contribution in [-0.2, 0) is 25.0 Å². The third-order valence-corrected chi connectivity index (χ3v) is 6.53. The lowest BCUT2D eigenvalue weighted by Crippen LogP contribution is -2.46. The number of carbonyl (C=O) groups is 1. The van der Waals surface area contributed by atoms with Crippen molar-refractivity contribution in [2.45, 2.75) is 55.0 Å². The first kappa shape index (κ1) is 20.2. The maximum absolute atomic E-state index is 12.6. The Labute approximate surface area is 155 Å². The van der Waals surface area contributed by atoms with Crippen molar-refractivity contribution >= 4 is 28.4 Å². The molecule has 1 heterocycles. The Morgan fingerprint density at radius 1 is 1.28 bits per heavy atom. The largest absolute Gasteiger partial charge is 0.468 e. The van der Waals surface area contributed by atoms with Crippen molar-refractivity contribution in [1.82, 2.24) is 10.0 Å². The third-order valence-electron chi connectivity index (χ3n) is 4.99. The van der Waals surface area contributed by atoms with E-state index in [1.807, 2.05) is 0 Å². The van der Waals surface area contributed by atoms with Crippen LogP contribution in [0.3, 0.4) is 0 Å². The molecule has 2 N–H and O–H groups in total. The van der Waals surface area contributed by atoms with Crippen LogP contribution in [0.4, 0.5) is 0 Å². The van der Waals surface area contributed by atoms with Crippen molar-refractivity contribution in [2.24, 2.45) is 0 Å². The predicted octanol–water partition coefficient (Wildman–Crippen LogP) is 1.73. The van der Waals surface area contributed by atoms with Gasteiger partial charge in [0.2, 0.25) is 10.0 Å². The van der Waals surface area contributed by atoms with Gasteiger partial charge in [-0.3, -0.25) is 4.79 Å². The highest BCUT2D eigenvalue weighted by atomic mass is 35.5. The van der Waals surface area contributed by atoms with Crippen LogP contribution < -0.4 is 10.0 Å². The summed E-state index contributed by atoms with van der Waals surface area (Å²) in [5.41, 5.74) is 0.248. The van der Waals surface area contributed by atoms with Crippen molar-refractivity contribution in [3.8, 4) is 0 Å². The number of halogens is 1. The van der Waals surface area contributed by atoms with Crippen LogP contribution in [0.15, 0.2) is 29.2 Å². The van der Waals surface area contributed by atoms with Crippen molar-refractivity contribution in [2.75, 3.05) is 13.7 Å². The fourth-order valence-electron chi connectivity index (χ4n) is 3.41. The van der Waals surface area contributed by atoms with Crippen molar-refractivity contribution in [3.63, 3.8) is 0 Å². The fraction of sp³-hybridized carbons (Fsp3) is 0.588. The summed E-state index contributed by atoms with van der Waals surface area (Å²) >= 11 is 0. The number of piperidine rings is 1. The zero-order valence-electron chi connectivity index (χ0n) is 14.4. The molecule has 2 unspecified atom stereocenters. The van der Waals surface area contributed by atoms with Crippen LogP contribution in [-0.4, -0.2) is 40.1 Å². The Balaban J connectivity index is 0.00000225. The van der Waals surface area contributed by atoms with Gasteiger partial charge in [-0.1, -0.05) is 12.1 Å². The van der Waals surface area contributed by atoms with Gasteiger partial charge in [-0.05, 0) is 56.8 Å². The highest BCUT2D eigenvalue weighted by Crippen LogP contribution is 2.49. The normalized spacial score (nSPS) is 24.9. The molecule has 0 radical (unpaired) electrons. The van der Waals surface area contributed by atoms with Crippen LogP contribution in [0, 0.1) is 0 Å². The topological polar surface area (TPSA) is 84.5 Å². The van der Waals surface area contributed by atoms with Gasteiger partial charge in [0.05, 0.1) is 17.4 Å². The minimum absolute atomic E-state index is 0. The first-order chi connectivity index (χ1) is 11.4. The zero-order valence-corrected chi connectivity index (χ0v) is 16.1. The Morgan fingerprint density at radius 2 is 1.92 bits per heavy atom. The molecule has 2 fully saturated rings. The van der Waals surface area contributed by atoms with Crippen LogP contribution in [0.25, 0.3) is 0 Å². The third kappa shape index (κ3) is 4.16. The summed E-state index contributed by atoms with van der Waals surface area (Å²) in [6.45, 7) is 2.87. The monoisotopic (exact) mass is 388 g/mol. The van der Waals surface area contributed by atoms with E-state index in [1.165, 1.54) is 7.11 Å². The van der Waals surface area contributed by atoms with Gasteiger partial charge in [0, 0.05) is 12.1 Å². The second kappa shape index (κ2) is 7.61. The lowest BCUT2D eigenvalue weighted by atomic mass is 9.96. The van der Waals surface area contributed by atoms with E-state index in [2.05, 4.69) is 17.0 Å². The van der Waals surface area contributed by atoms with E-state index in [1.54, 1.807) is 24.3 Å². The minimum Gasteiger partial charge on any atom is -0.468 e. The number of nitrogens with one attached hydrogen (secondary N) is 2. The Morgan fingerprint density at radius 3 is 2.44 bits per heavy atom. The number of hydrogen-bond donors (Lipinski definition) is 2. The Bertz CT molecular complexity index is 717. The maximum atomic E-state index is 12.6. The average Bonchev–Trinajstić information content (AvgIpc) is 3.36. The van der Waals surface area contributed by atoms with Gasteiger partial charge in [0.1, 0.15) is 0 Å².